The number of nitrogens with one attached hydrogen (secondary N) is 1. The number of carbonyl (C=O) groups is 2. The van der Waals surface area contributed by atoms with E-state index in [9.17, 15) is 27.9 Å². The van der Waals surface area contributed by atoms with E-state index in [1.807, 2.05) is 0 Å². The largest absolute Gasteiger partial charge is 0.496 e. The van der Waals surface area contributed by atoms with Gasteiger partial charge in [0.25, 0.3) is 0 Å². The van der Waals surface area contributed by atoms with Crippen LogP contribution in [0.1, 0.15) is 61.3 Å². The first kappa shape index (κ1) is 24.4. The molecule has 1 aliphatic carbocycles. The van der Waals surface area contributed by atoms with Crippen LogP contribution >= 0.6 is 0 Å². The summed E-state index contributed by atoms with van der Waals surface area (Å²) in [6.07, 6.45) is -1.29. The number of alkyl halides is 3. The first-order valence-electron chi connectivity index (χ1n) is 10.7. The number of nitrogens with two attached hydrogens (primary N) is 1. The van der Waals surface area contributed by atoms with Crippen LogP contribution in [-0.2, 0) is 11.0 Å². The number of hydrogen-bond acceptors (Lipinski definition) is 3. The quantitative estimate of drug-likeness (QED) is 0.458. The van der Waals surface area contributed by atoms with E-state index in [1.54, 1.807) is 18.2 Å². The van der Waals surface area contributed by atoms with Crippen molar-refractivity contribution in [1.29, 1.82) is 0 Å². The molecule has 0 radical (unpaired) electrons. The molecule has 9 heteroatoms. The molecular formula is C24H27F3N2O4. The molecule has 1 aliphatic rings. The third-order valence-electron chi connectivity index (χ3n) is 6.02. The molecule has 2 amide bonds. The summed E-state index contributed by atoms with van der Waals surface area (Å²) in [4.78, 5) is 23.2. The third kappa shape index (κ3) is 5.97. The number of methoxy groups -OCH3 is 1. The minimum absolute atomic E-state index is 0.253. The zero-order chi connectivity index (χ0) is 24.3. The van der Waals surface area contributed by atoms with Crippen LogP contribution in [0, 0.1) is 5.92 Å². The number of amides is 2. The minimum Gasteiger partial charge on any atom is -0.496 e. The zero-order valence-electron chi connectivity index (χ0n) is 18.4. The fourth-order valence-corrected chi connectivity index (χ4v) is 3.91. The number of halogens is 3. The van der Waals surface area contributed by atoms with E-state index in [2.05, 4.69) is 5.32 Å². The van der Waals surface area contributed by atoms with Crippen LogP contribution in [-0.4, -0.2) is 24.2 Å². The molecule has 2 unspecified atom stereocenters. The van der Waals surface area contributed by atoms with Gasteiger partial charge < -0.3 is 20.9 Å². The van der Waals surface area contributed by atoms with Gasteiger partial charge in [-0.2, -0.15) is 13.2 Å². The maximum absolute atomic E-state index is 13.6. The second kappa shape index (κ2) is 9.72. The van der Waals surface area contributed by atoms with Crippen LogP contribution in [0.3, 0.4) is 0 Å². The summed E-state index contributed by atoms with van der Waals surface area (Å²) >= 11 is 0. The number of aliphatic carboxylic acids is 1. The van der Waals surface area contributed by atoms with E-state index in [1.165, 1.54) is 20.1 Å². The minimum atomic E-state index is -4.58. The predicted octanol–water partition coefficient (Wildman–Crippen LogP) is 5.47. The van der Waals surface area contributed by atoms with Crippen LogP contribution in [0.2, 0.25) is 0 Å². The lowest BCUT2D eigenvalue weighted by molar-refractivity contribution is -0.139. The molecule has 0 spiro atoms. The predicted molar refractivity (Wildman–Crippen MR) is 117 cm³/mol. The maximum Gasteiger partial charge on any atom is 0.416 e. The summed E-state index contributed by atoms with van der Waals surface area (Å²) < 4.78 is 46.1. The van der Waals surface area contributed by atoms with Gasteiger partial charge in [0.05, 0.1) is 24.6 Å². The highest BCUT2D eigenvalue weighted by atomic mass is 19.4. The molecule has 0 heterocycles. The monoisotopic (exact) mass is 464 g/mol. The first-order chi connectivity index (χ1) is 15.5. The Hall–Kier alpha value is -3.23. The Morgan fingerprint density at radius 3 is 2.42 bits per heavy atom. The molecule has 2 aromatic carbocycles. The molecule has 0 saturated heterocycles. The highest BCUT2D eigenvalue weighted by Gasteiger charge is 2.33. The number of hydrogen-bond donors (Lipinski definition) is 3. The van der Waals surface area contributed by atoms with Crippen molar-refractivity contribution in [1.82, 2.24) is 5.32 Å². The fourth-order valence-electron chi connectivity index (χ4n) is 3.91. The Morgan fingerprint density at radius 2 is 1.88 bits per heavy atom. The number of carboxylic acid groups (broad SMARTS) is 1. The SMILES string of the molecule is COc1ccc(C(C)C(=O)O)cc1-c1ccc(C(F)(F)F)cc1C(CCC1CC1)NC(N)=O. The lowest BCUT2D eigenvalue weighted by Crippen LogP contribution is -2.33. The molecule has 6 nitrogen and oxygen atoms in total. The average Bonchev–Trinajstić information content (AvgIpc) is 3.59. The molecular weight excluding hydrogens is 437 g/mol. The molecule has 178 valence electrons. The summed E-state index contributed by atoms with van der Waals surface area (Å²) in [6, 6.07) is 6.54. The van der Waals surface area contributed by atoms with Crippen molar-refractivity contribution in [3.63, 3.8) is 0 Å². The second-order valence-electron chi connectivity index (χ2n) is 8.40. The molecule has 0 aromatic heterocycles. The van der Waals surface area contributed by atoms with E-state index in [0.29, 0.717) is 34.8 Å². The number of ether oxygens (including phenoxy) is 1. The number of rotatable bonds is 9. The summed E-state index contributed by atoms with van der Waals surface area (Å²) in [5.41, 5.74) is 6.08. The highest BCUT2D eigenvalue weighted by Crippen LogP contribution is 2.42. The first-order valence-corrected chi connectivity index (χ1v) is 10.7. The summed E-state index contributed by atoms with van der Waals surface area (Å²) in [6.45, 7) is 1.52. The van der Waals surface area contributed by atoms with E-state index in [0.717, 1.165) is 31.4 Å². The van der Waals surface area contributed by atoms with Crippen molar-refractivity contribution in [2.75, 3.05) is 7.11 Å². The van der Waals surface area contributed by atoms with Gasteiger partial charge in [-0.05, 0) is 66.6 Å². The summed E-state index contributed by atoms with van der Waals surface area (Å²) in [5.74, 6) is -0.999. The van der Waals surface area contributed by atoms with E-state index < -0.39 is 35.7 Å². The van der Waals surface area contributed by atoms with Crippen LogP contribution < -0.4 is 15.8 Å². The van der Waals surface area contributed by atoms with Crippen LogP contribution in [0.15, 0.2) is 36.4 Å². The molecule has 3 rings (SSSR count). The van der Waals surface area contributed by atoms with Crippen molar-refractivity contribution in [3.05, 3.63) is 53.1 Å². The average molecular weight is 464 g/mol. The Morgan fingerprint density at radius 1 is 1.18 bits per heavy atom. The van der Waals surface area contributed by atoms with Gasteiger partial charge in [0.2, 0.25) is 0 Å². The second-order valence-corrected chi connectivity index (χ2v) is 8.40. The summed E-state index contributed by atoms with van der Waals surface area (Å²) in [7, 11) is 1.43. The van der Waals surface area contributed by atoms with Crippen LogP contribution in [0.25, 0.3) is 11.1 Å². The van der Waals surface area contributed by atoms with Crippen molar-refractivity contribution in [2.45, 2.75) is 50.7 Å². The normalized spacial score (nSPS) is 15.5. The maximum atomic E-state index is 13.6. The standard InChI is InChI=1S/C24H27F3N2O4/c1-13(22(30)31)15-6-10-21(33-2)19(11-15)17-8-7-16(24(25,26)27)12-18(17)20(29-23(28)32)9-5-14-3-4-14/h6-8,10-14,20H,3-5,9H2,1-2H3,(H,30,31)(H3,28,29,32). The van der Waals surface area contributed by atoms with E-state index in [-0.39, 0.29) is 5.56 Å². The number of benzene rings is 2. The molecule has 4 N–H and O–H groups in total. The van der Waals surface area contributed by atoms with Gasteiger partial charge in [-0.15, -0.1) is 0 Å². The molecule has 1 saturated carbocycles. The Bertz CT molecular complexity index is 1030. The highest BCUT2D eigenvalue weighted by molar-refractivity contribution is 5.80. The van der Waals surface area contributed by atoms with Crippen LogP contribution in [0.4, 0.5) is 18.0 Å². The van der Waals surface area contributed by atoms with Gasteiger partial charge in [-0.1, -0.05) is 25.0 Å². The number of carbonyl (C=O) groups excluding carboxylic acids is 1. The molecule has 2 aromatic rings. The van der Waals surface area contributed by atoms with E-state index in [4.69, 9.17) is 10.5 Å². The smallest absolute Gasteiger partial charge is 0.416 e. The van der Waals surface area contributed by atoms with Gasteiger partial charge in [-0.3, -0.25) is 4.79 Å². The third-order valence-corrected chi connectivity index (χ3v) is 6.02. The van der Waals surface area contributed by atoms with Gasteiger partial charge in [0, 0.05) is 5.56 Å². The Balaban J connectivity index is 2.18. The Labute approximate surface area is 189 Å². The van der Waals surface area contributed by atoms with Crippen molar-refractivity contribution in [2.24, 2.45) is 11.7 Å². The summed E-state index contributed by atoms with van der Waals surface area (Å²) in [5, 5.41) is 12.0. The van der Waals surface area contributed by atoms with Gasteiger partial charge in [-0.25, -0.2) is 4.79 Å². The molecule has 33 heavy (non-hydrogen) atoms. The van der Waals surface area contributed by atoms with Crippen molar-refractivity contribution < 1.29 is 32.6 Å². The van der Waals surface area contributed by atoms with Gasteiger partial charge >= 0.3 is 18.2 Å². The number of carboxylic acids is 1. The van der Waals surface area contributed by atoms with Gasteiger partial charge in [0.1, 0.15) is 5.75 Å². The van der Waals surface area contributed by atoms with E-state index >= 15 is 0 Å². The van der Waals surface area contributed by atoms with Gasteiger partial charge in [0.15, 0.2) is 0 Å². The zero-order valence-corrected chi connectivity index (χ0v) is 18.4. The van der Waals surface area contributed by atoms with Crippen molar-refractivity contribution in [3.8, 4) is 16.9 Å². The molecule has 0 bridgehead atoms. The topological polar surface area (TPSA) is 102 Å². The lowest BCUT2D eigenvalue weighted by Gasteiger charge is -2.24. The lowest BCUT2D eigenvalue weighted by atomic mass is 9.88. The molecule has 0 aliphatic heterocycles. The molecule has 1 fully saturated rings. The number of urea groups is 1. The fraction of sp³-hybridized carbons (Fsp3) is 0.417. The molecule has 2 atom stereocenters. The van der Waals surface area contributed by atoms with Crippen molar-refractivity contribution >= 4 is 12.0 Å². The Kier molecular flexibility index (Phi) is 7.19. The number of primary amides is 1. The van der Waals surface area contributed by atoms with Crippen LogP contribution in [0.5, 0.6) is 5.75 Å².